The lowest BCUT2D eigenvalue weighted by Gasteiger charge is -2.38. The fraction of sp³-hybridized carbons (Fsp3) is 0.600. The van der Waals surface area contributed by atoms with E-state index >= 15 is 0 Å². The first kappa shape index (κ1) is 18.3. The molecule has 0 saturated heterocycles. The molecule has 0 amide bonds. The highest BCUT2D eigenvalue weighted by Crippen LogP contribution is 2.26. The van der Waals surface area contributed by atoms with Gasteiger partial charge in [-0.3, -0.25) is 0 Å². The quantitative estimate of drug-likeness (QED) is 0.759. The third-order valence-corrected chi connectivity index (χ3v) is 3.75. The van der Waals surface area contributed by atoms with Crippen molar-refractivity contribution in [3.8, 4) is 5.75 Å². The third-order valence-electron chi connectivity index (χ3n) is 3.53. The Hall–Kier alpha value is -0.745. The molecule has 0 fully saturated rings. The summed E-state index contributed by atoms with van der Waals surface area (Å²) in [5.41, 5.74) is -1.54. The van der Waals surface area contributed by atoms with Crippen LogP contribution in [0.2, 0.25) is 5.02 Å². The number of benzene rings is 1. The summed E-state index contributed by atoms with van der Waals surface area (Å²) in [6.45, 7) is 9.28. The lowest BCUT2D eigenvalue weighted by molar-refractivity contribution is -0.0982. The molecule has 1 rings (SSSR count). The molecular formula is C15H24BClO4. The molecule has 0 radical (unpaired) electrons. The Morgan fingerprint density at radius 2 is 1.81 bits per heavy atom. The maximum absolute atomic E-state index is 10.2. The van der Waals surface area contributed by atoms with Gasteiger partial charge in [0.2, 0.25) is 0 Å². The average molecular weight is 315 g/mol. The van der Waals surface area contributed by atoms with Gasteiger partial charge in [-0.25, -0.2) is 0 Å². The minimum atomic E-state index is -1.20. The van der Waals surface area contributed by atoms with Gasteiger partial charge in [0.25, 0.3) is 0 Å². The lowest BCUT2D eigenvalue weighted by atomic mass is 9.76. The topological polar surface area (TPSA) is 58.9 Å². The first-order chi connectivity index (χ1) is 9.56. The van der Waals surface area contributed by atoms with Gasteiger partial charge in [-0.05, 0) is 57.8 Å². The number of hydrogen-bond acceptors (Lipinski definition) is 4. The van der Waals surface area contributed by atoms with E-state index in [9.17, 15) is 10.1 Å². The number of hydrogen-bond donors (Lipinski definition) is 2. The molecule has 0 bridgehead atoms. The van der Waals surface area contributed by atoms with Crippen LogP contribution >= 0.6 is 11.6 Å². The Morgan fingerprint density at radius 1 is 1.19 bits per heavy atom. The van der Waals surface area contributed by atoms with Crippen LogP contribution < -0.4 is 10.2 Å². The predicted molar refractivity (Wildman–Crippen MR) is 86.3 cm³/mol. The van der Waals surface area contributed by atoms with Crippen LogP contribution in [0.1, 0.15) is 41.0 Å². The minimum Gasteiger partial charge on any atom is -0.494 e. The van der Waals surface area contributed by atoms with E-state index in [1.807, 2.05) is 6.92 Å². The van der Waals surface area contributed by atoms with Crippen molar-refractivity contribution in [1.82, 2.24) is 0 Å². The van der Waals surface area contributed by atoms with Gasteiger partial charge in [0.15, 0.2) is 0 Å². The summed E-state index contributed by atoms with van der Waals surface area (Å²) in [5, 5.41) is 20.8. The van der Waals surface area contributed by atoms with Crippen molar-refractivity contribution in [1.29, 1.82) is 0 Å². The summed E-state index contributed by atoms with van der Waals surface area (Å²) in [6.07, 6.45) is 0.882. The molecule has 0 spiro atoms. The van der Waals surface area contributed by atoms with Gasteiger partial charge in [0.05, 0.1) is 17.8 Å². The second-order valence-electron chi connectivity index (χ2n) is 6.11. The molecule has 0 aliphatic carbocycles. The summed E-state index contributed by atoms with van der Waals surface area (Å²) in [6, 6.07) is 4.99. The Balaban J connectivity index is 2.92. The monoisotopic (exact) mass is 314 g/mol. The molecule has 21 heavy (non-hydrogen) atoms. The SMILES string of the molecule is CCCOc1cc(Cl)cc(B(O)OC(C)(C)C(C)(C)O)c1. The van der Waals surface area contributed by atoms with Crippen LogP contribution in [-0.4, -0.2) is 35.1 Å². The molecule has 2 N–H and O–H groups in total. The van der Waals surface area contributed by atoms with Crippen molar-refractivity contribution in [3.63, 3.8) is 0 Å². The normalized spacial score (nSPS) is 12.4. The zero-order valence-corrected chi connectivity index (χ0v) is 14.1. The van der Waals surface area contributed by atoms with Crippen molar-refractivity contribution in [2.45, 2.75) is 52.2 Å². The Labute approximate surface area is 132 Å². The zero-order chi connectivity index (χ0) is 16.3. The van der Waals surface area contributed by atoms with Gasteiger partial charge < -0.3 is 19.5 Å². The van der Waals surface area contributed by atoms with E-state index in [4.69, 9.17) is 21.0 Å². The third kappa shape index (κ3) is 5.18. The van der Waals surface area contributed by atoms with Crippen molar-refractivity contribution < 1.29 is 19.5 Å². The number of rotatable bonds is 7. The maximum atomic E-state index is 10.2. The molecule has 1 aromatic rings. The molecule has 0 atom stereocenters. The molecular weight excluding hydrogens is 290 g/mol. The van der Waals surface area contributed by atoms with E-state index in [1.165, 1.54) is 0 Å². The lowest BCUT2D eigenvalue weighted by Crippen LogP contribution is -2.53. The largest absolute Gasteiger partial charge is 0.494 e. The van der Waals surface area contributed by atoms with Crippen LogP contribution in [-0.2, 0) is 4.65 Å². The van der Waals surface area contributed by atoms with Gasteiger partial charge >= 0.3 is 7.12 Å². The van der Waals surface area contributed by atoms with Crippen LogP contribution in [0.5, 0.6) is 5.75 Å². The Bertz CT molecular complexity index is 471. The van der Waals surface area contributed by atoms with E-state index in [0.29, 0.717) is 22.8 Å². The molecule has 1 aromatic carbocycles. The summed E-state index contributed by atoms with van der Waals surface area (Å²) in [7, 11) is -1.20. The van der Waals surface area contributed by atoms with Gasteiger partial charge in [0, 0.05) is 5.02 Å². The van der Waals surface area contributed by atoms with Crippen LogP contribution in [0.25, 0.3) is 0 Å². The molecule has 0 unspecified atom stereocenters. The smallest absolute Gasteiger partial charge is 0.491 e. The average Bonchev–Trinajstić information content (AvgIpc) is 2.33. The highest BCUT2D eigenvalue weighted by molar-refractivity contribution is 6.60. The molecule has 0 aromatic heterocycles. The Kier molecular flexibility index (Phi) is 6.11. The second-order valence-corrected chi connectivity index (χ2v) is 6.54. The van der Waals surface area contributed by atoms with E-state index in [-0.39, 0.29) is 0 Å². The van der Waals surface area contributed by atoms with Gasteiger partial charge in [-0.15, -0.1) is 0 Å². The highest BCUT2D eigenvalue weighted by atomic mass is 35.5. The Morgan fingerprint density at radius 3 is 2.33 bits per heavy atom. The molecule has 0 aliphatic heterocycles. The van der Waals surface area contributed by atoms with Crippen molar-refractivity contribution in [2.24, 2.45) is 0 Å². The zero-order valence-electron chi connectivity index (χ0n) is 13.3. The van der Waals surface area contributed by atoms with Gasteiger partial charge in [-0.1, -0.05) is 18.5 Å². The number of halogens is 1. The van der Waals surface area contributed by atoms with E-state index < -0.39 is 18.3 Å². The van der Waals surface area contributed by atoms with Crippen LogP contribution in [0, 0.1) is 0 Å². The molecule has 118 valence electrons. The number of ether oxygens (including phenoxy) is 1. The first-order valence-corrected chi connectivity index (χ1v) is 7.46. The maximum Gasteiger partial charge on any atom is 0.491 e. The first-order valence-electron chi connectivity index (χ1n) is 7.08. The molecule has 4 nitrogen and oxygen atoms in total. The summed E-state index contributed by atoms with van der Waals surface area (Å²) < 4.78 is 11.1. The fourth-order valence-corrected chi connectivity index (χ4v) is 1.76. The highest BCUT2D eigenvalue weighted by Gasteiger charge is 2.39. The van der Waals surface area contributed by atoms with Crippen LogP contribution in [0.3, 0.4) is 0 Å². The molecule has 6 heteroatoms. The van der Waals surface area contributed by atoms with E-state index in [0.717, 1.165) is 6.42 Å². The standard InChI is InChI=1S/C15H24BClO4/c1-6-7-20-13-9-11(8-12(17)10-13)16(19)21-15(4,5)14(2,3)18/h8-10,18-19H,6-7H2,1-5H3. The molecule has 0 aliphatic rings. The number of aliphatic hydroxyl groups is 1. The summed E-state index contributed by atoms with van der Waals surface area (Å²) in [5.74, 6) is 0.586. The van der Waals surface area contributed by atoms with E-state index in [2.05, 4.69) is 0 Å². The van der Waals surface area contributed by atoms with Crippen molar-refractivity contribution in [2.75, 3.05) is 6.61 Å². The molecule has 0 saturated carbocycles. The van der Waals surface area contributed by atoms with Crippen LogP contribution in [0.4, 0.5) is 0 Å². The summed E-state index contributed by atoms with van der Waals surface area (Å²) >= 11 is 6.04. The second kappa shape index (κ2) is 7.01. The minimum absolute atomic E-state index is 0.460. The van der Waals surface area contributed by atoms with Gasteiger partial charge in [0.1, 0.15) is 5.75 Å². The van der Waals surface area contributed by atoms with Gasteiger partial charge in [-0.2, -0.15) is 0 Å². The van der Waals surface area contributed by atoms with Crippen molar-refractivity contribution in [3.05, 3.63) is 23.2 Å². The molecule has 0 heterocycles. The fourth-order valence-electron chi connectivity index (χ4n) is 1.52. The predicted octanol–water partition coefficient (Wildman–Crippen LogP) is 2.38. The van der Waals surface area contributed by atoms with Crippen molar-refractivity contribution >= 4 is 24.2 Å². The van der Waals surface area contributed by atoms with E-state index in [1.54, 1.807) is 45.9 Å². The van der Waals surface area contributed by atoms with Crippen LogP contribution in [0.15, 0.2) is 18.2 Å². The summed E-state index contributed by atoms with van der Waals surface area (Å²) in [4.78, 5) is 0.